The van der Waals surface area contributed by atoms with E-state index in [2.05, 4.69) is 20.8 Å². The molecule has 8 heteroatoms. The number of amides is 1. The fourth-order valence-electron chi connectivity index (χ4n) is 3.65. The zero-order valence-electron chi connectivity index (χ0n) is 20.2. The van der Waals surface area contributed by atoms with Crippen molar-refractivity contribution in [2.45, 2.75) is 0 Å². The number of carbonyl (C=O) groups excluding carboxylic acids is 1. The lowest BCUT2D eigenvalue weighted by Gasteiger charge is -2.14. The van der Waals surface area contributed by atoms with Gasteiger partial charge in [0.05, 0.1) is 21.3 Å². The maximum Gasteiger partial charge on any atom is 0.270 e. The monoisotopic (exact) mass is 482 g/mol. The molecule has 1 amide bonds. The Morgan fingerprint density at radius 3 is 1.97 bits per heavy atom. The Morgan fingerprint density at radius 2 is 1.39 bits per heavy atom. The minimum absolute atomic E-state index is 0.275. The van der Waals surface area contributed by atoms with E-state index in [0.717, 1.165) is 16.7 Å². The Kier molecular flexibility index (Phi) is 7.77. The molecule has 0 bridgehead atoms. The van der Waals surface area contributed by atoms with Crippen molar-refractivity contribution in [3.05, 3.63) is 96.3 Å². The predicted molar refractivity (Wildman–Crippen MR) is 140 cm³/mol. The molecule has 0 fully saturated rings. The van der Waals surface area contributed by atoms with Gasteiger partial charge in [0.15, 0.2) is 11.5 Å². The molecule has 1 aromatic heterocycles. The molecule has 0 saturated carbocycles. The Balaban J connectivity index is 1.72. The van der Waals surface area contributed by atoms with E-state index in [0.29, 0.717) is 28.4 Å². The third-order valence-corrected chi connectivity index (χ3v) is 5.40. The number of carbonyl (C=O) groups is 1. The van der Waals surface area contributed by atoms with Crippen LogP contribution in [0.3, 0.4) is 0 Å². The number of ether oxygens (including phenoxy) is 3. The molecule has 0 spiro atoms. The molecule has 0 unspecified atom stereocenters. The maximum atomic E-state index is 13.3. The largest absolute Gasteiger partial charge is 0.493 e. The Labute approximate surface area is 209 Å². The Morgan fingerprint density at radius 1 is 0.778 bits per heavy atom. The second-order valence-corrected chi connectivity index (χ2v) is 7.61. The summed E-state index contributed by atoms with van der Waals surface area (Å²) in [5.74, 6) is 1.34. The van der Waals surface area contributed by atoms with Gasteiger partial charge in [-0.15, -0.1) is 0 Å². The summed E-state index contributed by atoms with van der Waals surface area (Å²) >= 11 is 0. The van der Waals surface area contributed by atoms with Gasteiger partial charge >= 0.3 is 0 Å². The summed E-state index contributed by atoms with van der Waals surface area (Å²) in [6.07, 6.45) is 4.91. The highest BCUT2D eigenvalue weighted by Gasteiger charge is 2.16. The van der Waals surface area contributed by atoms with Crippen molar-refractivity contribution in [1.29, 1.82) is 0 Å². The quantitative estimate of drug-likeness (QED) is 0.200. The smallest absolute Gasteiger partial charge is 0.270 e. The maximum absolute atomic E-state index is 13.3. The van der Waals surface area contributed by atoms with E-state index < -0.39 is 0 Å². The zero-order chi connectivity index (χ0) is 25.3. The average molecular weight is 483 g/mol. The van der Waals surface area contributed by atoms with E-state index in [1.54, 1.807) is 58.0 Å². The van der Waals surface area contributed by atoms with Crippen LogP contribution in [0.5, 0.6) is 17.2 Å². The number of hydrogen-bond acceptors (Lipinski definition) is 7. The molecule has 0 radical (unpaired) electrons. The highest BCUT2D eigenvalue weighted by molar-refractivity contribution is 6.24. The first-order chi connectivity index (χ1) is 17.6. The van der Waals surface area contributed by atoms with E-state index >= 15 is 0 Å². The second-order valence-electron chi connectivity index (χ2n) is 7.61. The molecule has 0 saturated heterocycles. The molecule has 36 heavy (non-hydrogen) atoms. The lowest BCUT2D eigenvalue weighted by atomic mass is 9.98. The summed E-state index contributed by atoms with van der Waals surface area (Å²) in [5.41, 5.74) is 9.38. The molecular formula is C28H26N4O4. The van der Waals surface area contributed by atoms with Gasteiger partial charge in [-0.2, -0.15) is 0 Å². The lowest BCUT2D eigenvalue weighted by Crippen LogP contribution is -2.31. The molecule has 8 nitrogen and oxygen atoms in total. The molecule has 1 heterocycles. The normalized spacial score (nSPS) is 10.9. The molecule has 0 aliphatic heterocycles. The zero-order valence-corrected chi connectivity index (χ0v) is 20.2. The number of benzene rings is 3. The number of nitrogens with one attached hydrogen (secondary N) is 2. The molecule has 0 aliphatic carbocycles. The number of hydrogen-bond donors (Lipinski definition) is 2. The molecule has 4 aromatic rings. The Hall–Kier alpha value is -4.85. The summed E-state index contributed by atoms with van der Waals surface area (Å²) in [7, 11) is 4.63. The van der Waals surface area contributed by atoms with Crippen LogP contribution >= 0.6 is 0 Å². The van der Waals surface area contributed by atoms with Crippen molar-refractivity contribution in [3.63, 3.8) is 0 Å². The van der Waals surface area contributed by atoms with Crippen molar-refractivity contribution < 1.29 is 19.0 Å². The first-order valence-electron chi connectivity index (χ1n) is 11.1. The van der Waals surface area contributed by atoms with Gasteiger partial charge in [-0.05, 0) is 46.5 Å². The third kappa shape index (κ3) is 5.61. The van der Waals surface area contributed by atoms with Crippen molar-refractivity contribution >= 4 is 23.5 Å². The number of rotatable bonds is 9. The number of hydrazine groups is 1. The predicted octanol–water partition coefficient (Wildman–Crippen LogP) is 4.85. The first-order valence-corrected chi connectivity index (χ1v) is 11.1. The van der Waals surface area contributed by atoms with Crippen LogP contribution in [-0.2, 0) is 4.79 Å². The van der Waals surface area contributed by atoms with Gasteiger partial charge in [0.2, 0.25) is 11.7 Å². The summed E-state index contributed by atoms with van der Waals surface area (Å²) in [6, 6.07) is 23.1. The van der Waals surface area contributed by atoms with E-state index in [1.165, 1.54) is 0 Å². The van der Waals surface area contributed by atoms with Crippen molar-refractivity contribution in [3.8, 4) is 28.4 Å². The van der Waals surface area contributed by atoms with Crippen molar-refractivity contribution in [1.82, 2.24) is 15.4 Å². The summed E-state index contributed by atoms with van der Waals surface area (Å²) in [5, 5.41) is 0. The van der Waals surface area contributed by atoms with E-state index in [1.807, 2.05) is 54.6 Å². The highest BCUT2D eigenvalue weighted by atomic mass is 16.5. The van der Waals surface area contributed by atoms with Crippen LogP contribution in [0.4, 0.5) is 5.95 Å². The van der Waals surface area contributed by atoms with Crippen molar-refractivity contribution in [2.75, 3.05) is 26.8 Å². The van der Waals surface area contributed by atoms with Crippen LogP contribution in [0.2, 0.25) is 0 Å². The minimum Gasteiger partial charge on any atom is -0.493 e. The third-order valence-electron chi connectivity index (χ3n) is 5.40. The van der Waals surface area contributed by atoms with Crippen LogP contribution in [0.1, 0.15) is 11.1 Å². The van der Waals surface area contributed by atoms with Gasteiger partial charge in [-0.25, -0.2) is 9.97 Å². The number of aromatic nitrogens is 2. The first kappa shape index (κ1) is 24.3. The fraction of sp³-hybridized carbons (Fsp3) is 0.107. The van der Waals surface area contributed by atoms with Gasteiger partial charge in [-0.3, -0.25) is 15.6 Å². The molecule has 2 N–H and O–H groups in total. The summed E-state index contributed by atoms with van der Waals surface area (Å²) in [4.78, 5) is 21.5. The molecule has 0 aliphatic rings. The van der Waals surface area contributed by atoms with Crippen LogP contribution in [0, 0.1) is 0 Å². The minimum atomic E-state index is -0.372. The van der Waals surface area contributed by atoms with Gasteiger partial charge in [0.25, 0.3) is 5.91 Å². The SMILES string of the molecule is COc1cc(/C=C(/C(=O)NNc2ncccn2)c2ccc(-c3ccccc3)cc2)cc(OC)c1OC. The summed E-state index contributed by atoms with van der Waals surface area (Å²) < 4.78 is 16.4. The van der Waals surface area contributed by atoms with Gasteiger partial charge in [0.1, 0.15) is 0 Å². The second kappa shape index (κ2) is 11.5. The number of nitrogens with zero attached hydrogens (tertiary/aromatic N) is 2. The highest BCUT2D eigenvalue weighted by Crippen LogP contribution is 2.39. The Bertz CT molecular complexity index is 1320. The van der Waals surface area contributed by atoms with Gasteiger partial charge in [0, 0.05) is 18.0 Å². The van der Waals surface area contributed by atoms with E-state index in [4.69, 9.17) is 14.2 Å². The topological polar surface area (TPSA) is 94.6 Å². The van der Waals surface area contributed by atoms with Crippen molar-refractivity contribution in [2.24, 2.45) is 0 Å². The molecule has 182 valence electrons. The molecule has 4 rings (SSSR count). The molecular weight excluding hydrogens is 456 g/mol. The van der Waals surface area contributed by atoms with Gasteiger partial charge < -0.3 is 14.2 Å². The lowest BCUT2D eigenvalue weighted by molar-refractivity contribution is -0.115. The van der Waals surface area contributed by atoms with E-state index in [9.17, 15) is 4.79 Å². The van der Waals surface area contributed by atoms with Crippen LogP contribution in [-0.4, -0.2) is 37.2 Å². The van der Waals surface area contributed by atoms with E-state index in [-0.39, 0.29) is 11.9 Å². The van der Waals surface area contributed by atoms with Crippen LogP contribution in [0.25, 0.3) is 22.8 Å². The van der Waals surface area contributed by atoms with Gasteiger partial charge in [-0.1, -0.05) is 54.6 Å². The summed E-state index contributed by atoms with van der Waals surface area (Å²) in [6.45, 7) is 0. The molecule has 0 atom stereocenters. The standard InChI is InChI=1S/C28H26N4O4/c1-34-24-17-19(18-25(35-2)26(24)36-3)16-23(27(33)31-32-28-29-14-7-15-30-28)22-12-10-21(11-13-22)20-8-5-4-6-9-20/h4-18H,1-3H3,(H,31,33)(H,29,30,32)/b23-16+. The van der Waals surface area contributed by atoms with Crippen LogP contribution in [0.15, 0.2) is 85.2 Å². The average Bonchev–Trinajstić information content (AvgIpc) is 2.95. The fourth-order valence-corrected chi connectivity index (χ4v) is 3.65. The number of methoxy groups -OCH3 is 3. The van der Waals surface area contributed by atoms with Crippen LogP contribution < -0.4 is 25.1 Å². The number of anilines is 1. The molecule has 3 aromatic carbocycles.